The van der Waals surface area contributed by atoms with Gasteiger partial charge in [-0.05, 0) is 5.25 Å². The second-order valence-corrected chi connectivity index (χ2v) is 5.86. The number of nitrogens with two attached hydrogens (primary N) is 1. The molecule has 0 saturated heterocycles. The zero-order valence-electron chi connectivity index (χ0n) is 8.06. The molecule has 0 aliphatic heterocycles. The van der Waals surface area contributed by atoms with Crippen molar-refractivity contribution in [1.29, 1.82) is 0 Å². The predicted octanol–water partition coefficient (Wildman–Crippen LogP) is 2.15. The molecule has 0 radical (unpaired) electrons. The number of thioether (sulfide) groups is 1. The number of aromatic nitrogens is 1. The van der Waals surface area contributed by atoms with E-state index in [1.807, 2.05) is 23.3 Å². The maximum Gasteiger partial charge on any atom is 0.0940 e. The van der Waals surface area contributed by atoms with Crippen molar-refractivity contribution in [3.8, 4) is 0 Å². The van der Waals surface area contributed by atoms with E-state index >= 15 is 0 Å². The van der Waals surface area contributed by atoms with E-state index < -0.39 is 0 Å². The molecule has 13 heavy (non-hydrogen) atoms. The highest BCUT2D eigenvalue weighted by Crippen LogP contribution is 2.13. The fourth-order valence-corrected chi connectivity index (χ4v) is 2.41. The third kappa shape index (κ3) is 4.64. The highest BCUT2D eigenvalue weighted by Gasteiger charge is 2.06. The van der Waals surface area contributed by atoms with Gasteiger partial charge in [0.1, 0.15) is 0 Å². The molecule has 2 nitrogen and oxygen atoms in total. The molecule has 0 amide bonds. The summed E-state index contributed by atoms with van der Waals surface area (Å²) in [6.45, 7) is 4.39. The van der Waals surface area contributed by atoms with E-state index in [9.17, 15) is 0 Å². The van der Waals surface area contributed by atoms with Crippen molar-refractivity contribution in [3.05, 3.63) is 16.6 Å². The lowest BCUT2D eigenvalue weighted by Gasteiger charge is -2.10. The molecule has 0 saturated carbocycles. The second kappa shape index (κ2) is 5.62. The van der Waals surface area contributed by atoms with Gasteiger partial charge >= 0.3 is 0 Å². The van der Waals surface area contributed by atoms with Gasteiger partial charge in [0, 0.05) is 29.8 Å². The molecule has 1 rings (SSSR count). The van der Waals surface area contributed by atoms with Crippen LogP contribution in [0.15, 0.2) is 11.6 Å². The average molecular weight is 216 g/mol. The van der Waals surface area contributed by atoms with Crippen LogP contribution in [0.5, 0.6) is 0 Å². The molecule has 0 aliphatic carbocycles. The van der Waals surface area contributed by atoms with Crippen molar-refractivity contribution < 1.29 is 0 Å². The molecule has 1 unspecified atom stereocenters. The number of hydrogen-bond acceptors (Lipinski definition) is 4. The van der Waals surface area contributed by atoms with Crippen LogP contribution in [0.1, 0.15) is 18.9 Å². The smallest absolute Gasteiger partial charge is 0.0940 e. The van der Waals surface area contributed by atoms with E-state index in [0.29, 0.717) is 5.25 Å². The number of rotatable bonds is 5. The van der Waals surface area contributed by atoms with Crippen LogP contribution in [0.4, 0.5) is 0 Å². The maximum absolute atomic E-state index is 5.96. The molecular weight excluding hydrogens is 200 g/mol. The second-order valence-electron chi connectivity index (χ2n) is 3.27. The van der Waals surface area contributed by atoms with Crippen LogP contribution in [0.25, 0.3) is 0 Å². The van der Waals surface area contributed by atoms with Crippen LogP contribution in [0.3, 0.4) is 0 Å². The Morgan fingerprint density at radius 1 is 1.62 bits per heavy atom. The molecular formula is C9H16N2S2. The van der Waals surface area contributed by atoms with Crippen LogP contribution < -0.4 is 5.73 Å². The van der Waals surface area contributed by atoms with Crippen molar-refractivity contribution in [3.63, 3.8) is 0 Å². The van der Waals surface area contributed by atoms with Gasteiger partial charge < -0.3 is 5.73 Å². The van der Waals surface area contributed by atoms with Crippen LogP contribution in [-0.2, 0) is 6.42 Å². The molecule has 1 aromatic heterocycles. The minimum atomic E-state index is 0.249. The van der Waals surface area contributed by atoms with Crippen molar-refractivity contribution in [2.45, 2.75) is 31.6 Å². The molecule has 2 N–H and O–H groups in total. The lowest BCUT2D eigenvalue weighted by atomic mass is 10.3. The Kier molecular flexibility index (Phi) is 4.77. The normalized spacial score (nSPS) is 13.5. The first kappa shape index (κ1) is 11.0. The molecule has 0 spiro atoms. The lowest BCUT2D eigenvalue weighted by Crippen LogP contribution is -2.26. The van der Waals surface area contributed by atoms with Crippen molar-refractivity contribution >= 4 is 23.1 Å². The van der Waals surface area contributed by atoms with Gasteiger partial charge in [-0.15, -0.1) is 11.3 Å². The largest absolute Gasteiger partial charge is 0.327 e. The Morgan fingerprint density at radius 2 is 2.38 bits per heavy atom. The molecule has 0 bridgehead atoms. The summed E-state index contributed by atoms with van der Waals surface area (Å²) in [5.41, 5.74) is 5.96. The Balaban J connectivity index is 2.22. The third-order valence-corrected chi connectivity index (χ3v) is 3.65. The van der Waals surface area contributed by atoms with Gasteiger partial charge in [-0.25, -0.2) is 4.98 Å². The predicted molar refractivity (Wildman–Crippen MR) is 61.4 cm³/mol. The summed E-state index contributed by atoms with van der Waals surface area (Å²) in [5.74, 6) is 1.03. The topological polar surface area (TPSA) is 38.9 Å². The zero-order chi connectivity index (χ0) is 9.68. The fourth-order valence-electron chi connectivity index (χ4n) is 0.953. The monoisotopic (exact) mass is 216 g/mol. The standard InChI is InChI=1S/C9H16N2S2/c1-7(2)13-6-8(10)5-9-11-3-4-12-9/h3-4,7-8H,5-6,10H2,1-2H3. The van der Waals surface area contributed by atoms with Gasteiger partial charge in [0.05, 0.1) is 5.01 Å². The molecule has 74 valence electrons. The molecule has 0 aliphatic rings. The van der Waals surface area contributed by atoms with Crippen molar-refractivity contribution in [2.75, 3.05) is 5.75 Å². The van der Waals surface area contributed by atoms with Gasteiger partial charge in [-0.3, -0.25) is 0 Å². The van der Waals surface area contributed by atoms with E-state index in [0.717, 1.165) is 17.2 Å². The van der Waals surface area contributed by atoms with E-state index in [1.54, 1.807) is 11.3 Å². The zero-order valence-corrected chi connectivity index (χ0v) is 9.70. The highest BCUT2D eigenvalue weighted by molar-refractivity contribution is 7.99. The Labute approximate surface area is 87.9 Å². The van der Waals surface area contributed by atoms with Crippen molar-refractivity contribution in [2.24, 2.45) is 5.73 Å². The first-order chi connectivity index (χ1) is 6.18. The number of nitrogens with zero attached hydrogens (tertiary/aromatic N) is 1. The van der Waals surface area contributed by atoms with E-state index in [2.05, 4.69) is 18.8 Å². The third-order valence-electron chi connectivity index (χ3n) is 1.56. The number of thiazole rings is 1. The van der Waals surface area contributed by atoms with Gasteiger partial charge in [-0.1, -0.05) is 13.8 Å². The van der Waals surface area contributed by atoms with E-state index in [-0.39, 0.29) is 6.04 Å². The van der Waals surface area contributed by atoms with Gasteiger partial charge in [0.25, 0.3) is 0 Å². The first-order valence-electron chi connectivity index (χ1n) is 4.44. The van der Waals surface area contributed by atoms with Gasteiger partial charge in [0.15, 0.2) is 0 Å². The number of hydrogen-bond donors (Lipinski definition) is 1. The van der Waals surface area contributed by atoms with Crippen LogP contribution in [-0.4, -0.2) is 22.0 Å². The Morgan fingerprint density at radius 3 is 2.92 bits per heavy atom. The fraction of sp³-hybridized carbons (Fsp3) is 0.667. The summed E-state index contributed by atoms with van der Waals surface area (Å²) in [4.78, 5) is 4.21. The highest BCUT2D eigenvalue weighted by atomic mass is 32.2. The van der Waals surface area contributed by atoms with E-state index in [1.165, 1.54) is 0 Å². The van der Waals surface area contributed by atoms with E-state index in [4.69, 9.17) is 5.73 Å². The molecule has 1 aromatic rings. The average Bonchev–Trinajstić information content (AvgIpc) is 2.53. The minimum Gasteiger partial charge on any atom is -0.327 e. The first-order valence-corrected chi connectivity index (χ1v) is 6.37. The summed E-state index contributed by atoms with van der Waals surface area (Å²) in [7, 11) is 0. The summed E-state index contributed by atoms with van der Waals surface area (Å²) >= 11 is 3.60. The summed E-state index contributed by atoms with van der Waals surface area (Å²) in [5, 5.41) is 3.82. The lowest BCUT2D eigenvalue weighted by molar-refractivity contribution is 0.743. The Hall–Kier alpha value is -0.0600. The van der Waals surface area contributed by atoms with Crippen LogP contribution in [0, 0.1) is 0 Å². The molecule has 0 fully saturated rings. The summed E-state index contributed by atoms with van der Waals surface area (Å²) in [6.07, 6.45) is 2.75. The maximum atomic E-state index is 5.96. The van der Waals surface area contributed by atoms with Crippen LogP contribution >= 0.6 is 23.1 Å². The molecule has 1 atom stereocenters. The SMILES string of the molecule is CC(C)SCC(N)Cc1nccs1. The quantitative estimate of drug-likeness (QED) is 0.819. The van der Waals surface area contributed by atoms with Gasteiger partial charge in [-0.2, -0.15) is 11.8 Å². The summed E-state index contributed by atoms with van der Waals surface area (Å²) in [6, 6.07) is 0.249. The van der Waals surface area contributed by atoms with Crippen molar-refractivity contribution in [1.82, 2.24) is 4.98 Å². The Bertz CT molecular complexity index is 222. The summed E-state index contributed by atoms with van der Waals surface area (Å²) < 4.78 is 0. The molecule has 0 aromatic carbocycles. The van der Waals surface area contributed by atoms with Gasteiger partial charge in [0.2, 0.25) is 0 Å². The minimum absolute atomic E-state index is 0.249. The molecule has 4 heteroatoms. The molecule has 1 heterocycles. The van der Waals surface area contributed by atoms with Crippen LogP contribution in [0.2, 0.25) is 0 Å².